The maximum absolute atomic E-state index is 11.8. The largest absolute Gasteiger partial charge is 0.354 e. The molecule has 1 fully saturated rings. The van der Waals surface area contributed by atoms with Gasteiger partial charge in [-0.15, -0.1) is 0 Å². The van der Waals surface area contributed by atoms with Crippen molar-refractivity contribution < 1.29 is 9.59 Å². The van der Waals surface area contributed by atoms with Crippen molar-refractivity contribution in [1.29, 1.82) is 0 Å². The molecule has 1 saturated carbocycles. The third-order valence-corrected chi connectivity index (χ3v) is 4.27. The predicted molar refractivity (Wildman–Crippen MR) is 87.6 cm³/mol. The van der Waals surface area contributed by atoms with Crippen molar-refractivity contribution in [3.8, 4) is 0 Å². The number of benzene rings is 1. The Morgan fingerprint density at radius 2 is 1.64 bits per heavy atom. The third-order valence-electron chi connectivity index (χ3n) is 4.27. The molecule has 120 valence electrons. The molecule has 22 heavy (non-hydrogen) atoms. The van der Waals surface area contributed by atoms with Gasteiger partial charge in [0.1, 0.15) is 0 Å². The zero-order chi connectivity index (χ0) is 15.6. The fourth-order valence-electron chi connectivity index (χ4n) is 2.97. The van der Waals surface area contributed by atoms with Crippen molar-refractivity contribution in [3.05, 3.63) is 35.9 Å². The van der Waals surface area contributed by atoms with Gasteiger partial charge in [-0.05, 0) is 24.5 Å². The summed E-state index contributed by atoms with van der Waals surface area (Å²) in [6.45, 7) is 0.949. The average molecular weight is 302 g/mol. The summed E-state index contributed by atoms with van der Waals surface area (Å²) in [6, 6.07) is 9.10. The summed E-state index contributed by atoms with van der Waals surface area (Å²) >= 11 is 0. The van der Waals surface area contributed by atoms with Crippen LogP contribution in [0.25, 0.3) is 0 Å². The highest BCUT2D eigenvalue weighted by molar-refractivity contribution is 5.94. The molecule has 1 aromatic rings. The lowest BCUT2D eigenvalue weighted by atomic mass is 9.86. The molecule has 0 atom stereocenters. The molecule has 0 aliphatic heterocycles. The molecule has 2 N–H and O–H groups in total. The second-order valence-corrected chi connectivity index (χ2v) is 6.01. The van der Waals surface area contributed by atoms with E-state index in [1.165, 1.54) is 32.1 Å². The number of rotatable bonds is 7. The Morgan fingerprint density at radius 3 is 2.36 bits per heavy atom. The molecule has 2 amide bonds. The fraction of sp³-hybridized carbons (Fsp3) is 0.556. The average Bonchev–Trinajstić information content (AvgIpc) is 2.58. The molecular weight excluding hydrogens is 276 g/mol. The fourth-order valence-corrected chi connectivity index (χ4v) is 2.97. The summed E-state index contributed by atoms with van der Waals surface area (Å²) in [5.74, 6) is 0.730. The third kappa shape index (κ3) is 5.88. The van der Waals surface area contributed by atoms with Crippen LogP contribution in [0.4, 0.5) is 0 Å². The summed E-state index contributed by atoms with van der Waals surface area (Å²) < 4.78 is 0. The lowest BCUT2D eigenvalue weighted by molar-refractivity contribution is -0.121. The van der Waals surface area contributed by atoms with E-state index in [4.69, 9.17) is 0 Å². The Bertz CT molecular complexity index is 467. The van der Waals surface area contributed by atoms with Crippen molar-refractivity contribution in [2.75, 3.05) is 13.1 Å². The number of carbonyl (C=O) groups is 2. The van der Waals surface area contributed by atoms with Crippen molar-refractivity contribution >= 4 is 11.8 Å². The molecule has 1 aliphatic rings. The first kappa shape index (κ1) is 16.5. The van der Waals surface area contributed by atoms with Gasteiger partial charge >= 0.3 is 0 Å². The highest BCUT2D eigenvalue weighted by Crippen LogP contribution is 2.27. The molecular formula is C18H26N2O2. The lowest BCUT2D eigenvalue weighted by Gasteiger charge is -2.20. The number of carbonyl (C=O) groups excluding carboxylic acids is 2. The molecule has 1 aromatic carbocycles. The Balaban J connectivity index is 1.54. The van der Waals surface area contributed by atoms with E-state index in [2.05, 4.69) is 10.6 Å². The molecule has 0 bridgehead atoms. The highest BCUT2D eigenvalue weighted by atomic mass is 16.2. The van der Waals surface area contributed by atoms with Crippen LogP contribution in [-0.2, 0) is 4.79 Å². The van der Waals surface area contributed by atoms with E-state index in [9.17, 15) is 9.59 Å². The van der Waals surface area contributed by atoms with Crippen LogP contribution < -0.4 is 10.6 Å². The lowest BCUT2D eigenvalue weighted by Crippen LogP contribution is -2.34. The first-order valence-electron chi connectivity index (χ1n) is 8.35. The number of hydrogen-bond acceptors (Lipinski definition) is 2. The Morgan fingerprint density at radius 1 is 0.955 bits per heavy atom. The van der Waals surface area contributed by atoms with Gasteiger partial charge in [0.2, 0.25) is 5.91 Å². The van der Waals surface area contributed by atoms with Gasteiger partial charge < -0.3 is 10.6 Å². The zero-order valence-corrected chi connectivity index (χ0v) is 13.1. The first-order chi connectivity index (χ1) is 10.8. The quantitative estimate of drug-likeness (QED) is 0.761. The van der Waals surface area contributed by atoms with Gasteiger partial charge in [-0.3, -0.25) is 9.59 Å². The Hall–Kier alpha value is -1.84. The normalized spacial score (nSPS) is 15.3. The molecule has 0 heterocycles. The van der Waals surface area contributed by atoms with E-state index < -0.39 is 0 Å². The van der Waals surface area contributed by atoms with Gasteiger partial charge in [-0.25, -0.2) is 0 Å². The molecule has 0 saturated heterocycles. The highest BCUT2D eigenvalue weighted by Gasteiger charge is 2.14. The van der Waals surface area contributed by atoms with E-state index in [0.29, 0.717) is 25.1 Å². The number of hydrogen-bond donors (Lipinski definition) is 2. The topological polar surface area (TPSA) is 58.2 Å². The summed E-state index contributed by atoms with van der Waals surface area (Å²) in [5.41, 5.74) is 0.645. The Kier molecular flexibility index (Phi) is 6.94. The summed E-state index contributed by atoms with van der Waals surface area (Å²) in [5, 5.41) is 5.68. The smallest absolute Gasteiger partial charge is 0.251 e. The second kappa shape index (κ2) is 9.23. The molecule has 0 aromatic heterocycles. The van der Waals surface area contributed by atoms with Gasteiger partial charge in [0.05, 0.1) is 0 Å². The standard InChI is InChI=1S/C18H26N2O2/c21-17(12-11-15-7-3-1-4-8-15)19-13-14-20-18(22)16-9-5-2-6-10-16/h2,5-6,9-10,15H,1,3-4,7-8,11-14H2,(H,19,21)(H,20,22). The number of nitrogens with one attached hydrogen (secondary N) is 2. The SMILES string of the molecule is O=C(CCC1CCCCC1)NCCNC(=O)c1ccccc1. The predicted octanol–water partition coefficient (Wildman–Crippen LogP) is 2.89. The van der Waals surface area contributed by atoms with Crippen molar-refractivity contribution in [1.82, 2.24) is 10.6 Å². The minimum Gasteiger partial charge on any atom is -0.354 e. The van der Waals surface area contributed by atoms with Gasteiger partial charge in [0, 0.05) is 25.1 Å². The maximum atomic E-state index is 11.8. The van der Waals surface area contributed by atoms with Crippen LogP contribution in [0.3, 0.4) is 0 Å². The number of amides is 2. The molecule has 0 radical (unpaired) electrons. The van der Waals surface area contributed by atoms with Gasteiger partial charge in [-0.2, -0.15) is 0 Å². The minimum atomic E-state index is -0.0999. The van der Waals surface area contributed by atoms with E-state index >= 15 is 0 Å². The van der Waals surface area contributed by atoms with Crippen LogP contribution in [0.1, 0.15) is 55.3 Å². The summed E-state index contributed by atoms with van der Waals surface area (Å²) in [6.07, 6.45) is 8.15. The molecule has 2 rings (SSSR count). The van der Waals surface area contributed by atoms with E-state index in [0.717, 1.165) is 12.3 Å². The van der Waals surface area contributed by atoms with Crippen molar-refractivity contribution in [2.45, 2.75) is 44.9 Å². The van der Waals surface area contributed by atoms with Crippen LogP contribution in [0.2, 0.25) is 0 Å². The molecule has 0 unspecified atom stereocenters. The minimum absolute atomic E-state index is 0.0968. The molecule has 4 heteroatoms. The van der Waals surface area contributed by atoms with Gasteiger partial charge in [0.15, 0.2) is 0 Å². The van der Waals surface area contributed by atoms with Crippen LogP contribution >= 0.6 is 0 Å². The van der Waals surface area contributed by atoms with Crippen molar-refractivity contribution in [2.24, 2.45) is 5.92 Å². The first-order valence-corrected chi connectivity index (χ1v) is 8.35. The van der Waals surface area contributed by atoms with Crippen LogP contribution in [0.15, 0.2) is 30.3 Å². The Labute approximate surface area is 132 Å². The van der Waals surface area contributed by atoms with Crippen LogP contribution in [-0.4, -0.2) is 24.9 Å². The van der Waals surface area contributed by atoms with Crippen LogP contribution in [0.5, 0.6) is 0 Å². The summed E-state index contributed by atoms with van der Waals surface area (Å²) in [7, 11) is 0. The van der Waals surface area contributed by atoms with Crippen molar-refractivity contribution in [3.63, 3.8) is 0 Å². The van der Waals surface area contributed by atoms with Crippen LogP contribution in [0, 0.1) is 5.92 Å². The molecule has 4 nitrogen and oxygen atoms in total. The van der Waals surface area contributed by atoms with E-state index in [-0.39, 0.29) is 11.8 Å². The molecule has 1 aliphatic carbocycles. The van der Waals surface area contributed by atoms with E-state index in [1.54, 1.807) is 12.1 Å². The maximum Gasteiger partial charge on any atom is 0.251 e. The van der Waals surface area contributed by atoms with Gasteiger partial charge in [0.25, 0.3) is 5.91 Å². The monoisotopic (exact) mass is 302 g/mol. The van der Waals surface area contributed by atoms with Gasteiger partial charge in [-0.1, -0.05) is 50.3 Å². The molecule has 0 spiro atoms. The summed E-state index contributed by atoms with van der Waals surface area (Å²) in [4.78, 5) is 23.6. The second-order valence-electron chi connectivity index (χ2n) is 6.01. The zero-order valence-electron chi connectivity index (χ0n) is 13.1. The van der Waals surface area contributed by atoms with E-state index in [1.807, 2.05) is 18.2 Å².